The van der Waals surface area contributed by atoms with E-state index < -0.39 is 28.8 Å². The van der Waals surface area contributed by atoms with Gasteiger partial charge in [-0.15, -0.1) is 0 Å². The van der Waals surface area contributed by atoms with Gasteiger partial charge in [-0.1, -0.05) is 29.8 Å². The van der Waals surface area contributed by atoms with Gasteiger partial charge < -0.3 is 0 Å². The molecule has 0 amide bonds. The van der Waals surface area contributed by atoms with Crippen molar-refractivity contribution in [1.29, 1.82) is 0 Å². The molecule has 20 heavy (non-hydrogen) atoms. The molecule has 2 aromatic rings. The van der Waals surface area contributed by atoms with E-state index in [1.54, 1.807) is 0 Å². The molecule has 0 saturated carbocycles. The summed E-state index contributed by atoms with van der Waals surface area (Å²) in [6, 6.07) is 6.24. The Morgan fingerprint density at radius 3 is 2.50 bits per heavy atom. The first-order valence-electron chi connectivity index (χ1n) is 5.82. The summed E-state index contributed by atoms with van der Waals surface area (Å²) in [5.74, 6) is -3.30. The first kappa shape index (κ1) is 14.6. The van der Waals surface area contributed by atoms with Crippen LogP contribution in [-0.4, -0.2) is 5.78 Å². The third kappa shape index (κ3) is 2.70. The van der Waals surface area contributed by atoms with Crippen molar-refractivity contribution in [2.24, 2.45) is 0 Å². The minimum absolute atomic E-state index is 0.167. The van der Waals surface area contributed by atoms with E-state index in [1.807, 2.05) is 0 Å². The molecule has 5 heteroatoms. The molecule has 0 aliphatic carbocycles. The summed E-state index contributed by atoms with van der Waals surface area (Å²) >= 11 is 5.72. The van der Waals surface area contributed by atoms with Crippen LogP contribution in [0.1, 0.15) is 21.5 Å². The van der Waals surface area contributed by atoms with Gasteiger partial charge in [-0.3, -0.25) is 4.79 Å². The number of carbonyl (C=O) groups is 1. The fraction of sp³-hybridized carbons (Fsp3) is 0.133. The zero-order chi connectivity index (χ0) is 14.9. The molecule has 2 rings (SSSR count). The van der Waals surface area contributed by atoms with Gasteiger partial charge in [0.15, 0.2) is 5.78 Å². The number of carbonyl (C=O) groups excluding carboxylic acids is 1. The molecule has 2 aromatic carbocycles. The van der Waals surface area contributed by atoms with Crippen LogP contribution in [0.3, 0.4) is 0 Å². The van der Waals surface area contributed by atoms with E-state index in [-0.39, 0.29) is 22.6 Å². The standard InChI is InChI=1S/C15H10ClF3O/c1-8-5-6-10(17)13(15(8)19)12(20)7-9-3-2-4-11(18)14(9)16/h2-6H,7H2,1H3. The average molecular weight is 299 g/mol. The maximum absolute atomic E-state index is 13.8. The third-order valence-electron chi connectivity index (χ3n) is 2.95. The summed E-state index contributed by atoms with van der Waals surface area (Å²) in [7, 11) is 0. The molecular weight excluding hydrogens is 289 g/mol. The van der Waals surface area contributed by atoms with Crippen molar-refractivity contribution in [2.45, 2.75) is 13.3 Å². The summed E-state index contributed by atoms with van der Waals surface area (Å²) in [4.78, 5) is 12.0. The highest BCUT2D eigenvalue weighted by Crippen LogP contribution is 2.23. The minimum Gasteiger partial charge on any atom is -0.294 e. The van der Waals surface area contributed by atoms with Crippen molar-refractivity contribution in [1.82, 2.24) is 0 Å². The molecule has 1 nitrogen and oxygen atoms in total. The first-order chi connectivity index (χ1) is 9.41. The Morgan fingerprint density at radius 1 is 1.10 bits per heavy atom. The quantitative estimate of drug-likeness (QED) is 0.763. The SMILES string of the molecule is Cc1ccc(F)c(C(=O)Cc2cccc(F)c2Cl)c1F. The van der Waals surface area contributed by atoms with Crippen molar-refractivity contribution < 1.29 is 18.0 Å². The van der Waals surface area contributed by atoms with Gasteiger partial charge >= 0.3 is 0 Å². The van der Waals surface area contributed by atoms with E-state index in [0.717, 1.165) is 12.1 Å². The van der Waals surface area contributed by atoms with Crippen molar-refractivity contribution in [2.75, 3.05) is 0 Å². The number of ketones is 1. The van der Waals surface area contributed by atoms with E-state index in [9.17, 15) is 18.0 Å². The molecule has 0 unspecified atom stereocenters. The van der Waals surface area contributed by atoms with E-state index >= 15 is 0 Å². The fourth-order valence-corrected chi connectivity index (χ4v) is 2.05. The molecule has 0 aromatic heterocycles. The normalized spacial score (nSPS) is 10.7. The lowest BCUT2D eigenvalue weighted by molar-refractivity contribution is 0.0984. The lowest BCUT2D eigenvalue weighted by Crippen LogP contribution is -2.10. The van der Waals surface area contributed by atoms with Crippen LogP contribution in [0.5, 0.6) is 0 Å². The number of Topliss-reactive ketones (excluding diaryl/α,β-unsaturated/α-hetero) is 1. The molecule has 0 aliphatic rings. The van der Waals surface area contributed by atoms with Crippen LogP contribution >= 0.6 is 11.6 Å². The number of hydrogen-bond donors (Lipinski definition) is 0. The van der Waals surface area contributed by atoms with Crippen LogP contribution in [0.15, 0.2) is 30.3 Å². The Labute approximate surface area is 119 Å². The van der Waals surface area contributed by atoms with Crippen LogP contribution in [0.4, 0.5) is 13.2 Å². The molecule has 104 valence electrons. The number of hydrogen-bond acceptors (Lipinski definition) is 1. The van der Waals surface area contributed by atoms with Crippen LogP contribution in [0, 0.1) is 24.4 Å². The zero-order valence-corrected chi connectivity index (χ0v) is 11.3. The minimum atomic E-state index is -0.939. The van der Waals surface area contributed by atoms with Crippen molar-refractivity contribution in [3.63, 3.8) is 0 Å². The smallest absolute Gasteiger partial charge is 0.173 e. The van der Waals surface area contributed by atoms with Crippen molar-refractivity contribution in [3.8, 4) is 0 Å². The van der Waals surface area contributed by atoms with Gasteiger partial charge in [-0.05, 0) is 30.2 Å². The summed E-state index contributed by atoms with van der Waals surface area (Å²) < 4.78 is 40.7. The largest absolute Gasteiger partial charge is 0.294 e. The molecule has 0 N–H and O–H groups in total. The highest BCUT2D eigenvalue weighted by atomic mass is 35.5. The summed E-state index contributed by atoms with van der Waals surface area (Å²) in [5, 5.41) is -0.214. The summed E-state index contributed by atoms with van der Waals surface area (Å²) in [6.07, 6.45) is -0.367. The number of benzene rings is 2. The lowest BCUT2D eigenvalue weighted by Gasteiger charge is -2.08. The number of halogens is 4. The Bertz CT molecular complexity index is 683. The topological polar surface area (TPSA) is 17.1 Å². The number of rotatable bonds is 3. The van der Waals surface area contributed by atoms with Crippen molar-refractivity contribution >= 4 is 17.4 Å². The van der Waals surface area contributed by atoms with E-state index in [4.69, 9.17) is 11.6 Å². The van der Waals surface area contributed by atoms with Gasteiger partial charge in [0.05, 0.1) is 10.6 Å². The second-order valence-electron chi connectivity index (χ2n) is 4.37. The van der Waals surface area contributed by atoms with Gasteiger partial charge in [0.1, 0.15) is 17.5 Å². The molecule has 0 heterocycles. The predicted molar refractivity (Wildman–Crippen MR) is 70.5 cm³/mol. The molecule has 0 spiro atoms. The Morgan fingerprint density at radius 2 is 1.80 bits per heavy atom. The van der Waals surface area contributed by atoms with Gasteiger partial charge in [0, 0.05) is 6.42 Å². The second-order valence-corrected chi connectivity index (χ2v) is 4.74. The van der Waals surface area contributed by atoms with E-state index in [0.29, 0.717) is 0 Å². The predicted octanol–water partition coefficient (Wildman–Crippen LogP) is 4.49. The van der Waals surface area contributed by atoms with Crippen LogP contribution < -0.4 is 0 Å². The second kappa shape index (κ2) is 5.67. The third-order valence-corrected chi connectivity index (χ3v) is 3.37. The highest BCUT2D eigenvalue weighted by Gasteiger charge is 2.20. The molecule has 0 aliphatic heterocycles. The molecule has 0 radical (unpaired) electrons. The average Bonchev–Trinajstić information content (AvgIpc) is 2.40. The monoisotopic (exact) mass is 298 g/mol. The molecule has 0 fully saturated rings. The zero-order valence-electron chi connectivity index (χ0n) is 10.5. The maximum Gasteiger partial charge on any atom is 0.173 e. The molecule has 0 atom stereocenters. The van der Waals surface area contributed by atoms with Crippen LogP contribution in [-0.2, 0) is 6.42 Å². The van der Waals surface area contributed by atoms with E-state index in [2.05, 4.69) is 0 Å². The van der Waals surface area contributed by atoms with Gasteiger partial charge in [0.25, 0.3) is 0 Å². The van der Waals surface area contributed by atoms with Gasteiger partial charge in [-0.25, -0.2) is 13.2 Å². The molecule has 0 bridgehead atoms. The molecule has 0 saturated heterocycles. The fourth-order valence-electron chi connectivity index (χ4n) is 1.86. The number of aryl methyl sites for hydroxylation is 1. The Kier molecular flexibility index (Phi) is 4.14. The summed E-state index contributed by atoms with van der Waals surface area (Å²) in [5.41, 5.74) is -0.262. The van der Waals surface area contributed by atoms with E-state index in [1.165, 1.54) is 25.1 Å². The lowest BCUT2D eigenvalue weighted by atomic mass is 10.00. The Hall–Kier alpha value is -1.81. The van der Waals surface area contributed by atoms with Crippen LogP contribution in [0.25, 0.3) is 0 Å². The van der Waals surface area contributed by atoms with Gasteiger partial charge in [-0.2, -0.15) is 0 Å². The molecular formula is C15H10ClF3O. The van der Waals surface area contributed by atoms with Crippen molar-refractivity contribution in [3.05, 3.63) is 69.5 Å². The highest BCUT2D eigenvalue weighted by molar-refractivity contribution is 6.31. The maximum atomic E-state index is 13.8. The summed E-state index contributed by atoms with van der Waals surface area (Å²) in [6.45, 7) is 1.43. The van der Waals surface area contributed by atoms with Crippen LogP contribution in [0.2, 0.25) is 5.02 Å². The van der Waals surface area contributed by atoms with Gasteiger partial charge in [0.2, 0.25) is 0 Å². The Balaban J connectivity index is 2.39. The first-order valence-corrected chi connectivity index (χ1v) is 6.20.